The maximum Gasteiger partial charge on any atom is 0.335 e. The number of benzene rings is 2. The first kappa shape index (κ1) is 16.5. The van der Waals surface area contributed by atoms with Crippen molar-refractivity contribution in [3.8, 4) is 0 Å². The van der Waals surface area contributed by atoms with Gasteiger partial charge in [0.1, 0.15) is 11.5 Å². The van der Waals surface area contributed by atoms with Gasteiger partial charge in [0.2, 0.25) is 0 Å². The fraction of sp³-hybridized carbons (Fsp3) is 0. The number of nitrogens with zero attached hydrogens (tertiary/aromatic N) is 3. The van der Waals surface area contributed by atoms with Gasteiger partial charge in [-0.05, 0) is 54.6 Å². The van der Waals surface area contributed by atoms with Crippen LogP contribution in [0.15, 0.2) is 67.0 Å². The summed E-state index contributed by atoms with van der Waals surface area (Å²) in [5.74, 6) is -0.268. The van der Waals surface area contributed by atoms with Crippen LogP contribution in [0.3, 0.4) is 0 Å². The van der Waals surface area contributed by atoms with E-state index in [4.69, 9.17) is 16.6 Å². The van der Waals surface area contributed by atoms with Crippen LogP contribution in [0.25, 0.3) is 27.5 Å². The third kappa shape index (κ3) is 2.62. The molecule has 0 aliphatic rings. The Bertz CT molecular complexity index is 1380. The Morgan fingerprint density at radius 2 is 1.86 bits per heavy atom. The van der Waals surface area contributed by atoms with Gasteiger partial charge in [-0.3, -0.25) is 9.38 Å². The van der Waals surface area contributed by atoms with E-state index in [1.165, 1.54) is 0 Å². The Hall–Kier alpha value is -3.64. The van der Waals surface area contributed by atoms with Crippen molar-refractivity contribution in [3.63, 3.8) is 0 Å². The molecular formula is C21H13ClN4O2. The molecule has 0 saturated heterocycles. The number of carbonyl (C=O) groups is 1. The smallest absolute Gasteiger partial charge is 0.335 e. The van der Waals surface area contributed by atoms with Crippen LogP contribution in [0.2, 0.25) is 5.02 Å². The fourth-order valence-corrected chi connectivity index (χ4v) is 3.50. The van der Waals surface area contributed by atoms with Crippen LogP contribution < -0.4 is 5.32 Å². The third-order valence-corrected chi connectivity index (χ3v) is 4.91. The molecule has 6 nitrogen and oxygen atoms in total. The molecule has 2 N–H and O–H groups in total. The zero-order valence-electron chi connectivity index (χ0n) is 14.4. The van der Waals surface area contributed by atoms with Crippen LogP contribution in [0.5, 0.6) is 0 Å². The van der Waals surface area contributed by atoms with Crippen molar-refractivity contribution in [1.82, 2.24) is 14.4 Å². The van der Waals surface area contributed by atoms with E-state index in [2.05, 4.69) is 10.3 Å². The van der Waals surface area contributed by atoms with Crippen LogP contribution >= 0.6 is 11.6 Å². The molecule has 0 unspecified atom stereocenters. The number of anilines is 2. The van der Waals surface area contributed by atoms with E-state index in [1.54, 1.807) is 30.6 Å². The minimum atomic E-state index is -0.957. The molecule has 5 rings (SSSR count). The first-order valence-corrected chi connectivity index (χ1v) is 8.93. The van der Waals surface area contributed by atoms with Crippen LogP contribution in [0, 0.1) is 0 Å². The lowest BCUT2D eigenvalue weighted by atomic mass is 10.1. The number of aromatic carboxylic acids is 1. The lowest BCUT2D eigenvalue weighted by Crippen LogP contribution is -2.00. The van der Waals surface area contributed by atoms with Gasteiger partial charge in [-0.1, -0.05) is 11.6 Å². The zero-order chi connectivity index (χ0) is 19.3. The molecule has 5 aromatic rings. The summed E-state index contributed by atoms with van der Waals surface area (Å²) >= 11 is 5.97. The number of rotatable bonds is 3. The number of halogens is 1. The Balaban J connectivity index is 1.77. The molecule has 3 heterocycles. The predicted molar refractivity (Wildman–Crippen MR) is 110 cm³/mol. The molecule has 0 spiro atoms. The van der Waals surface area contributed by atoms with Crippen LogP contribution in [0.4, 0.5) is 11.5 Å². The minimum absolute atomic E-state index is 0.241. The summed E-state index contributed by atoms with van der Waals surface area (Å²) in [5.41, 5.74) is 3.56. The number of pyridine rings is 1. The van der Waals surface area contributed by atoms with Crippen molar-refractivity contribution in [2.45, 2.75) is 0 Å². The van der Waals surface area contributed by atoms with E-state index >= 15 is 0 Å². The number of fused-ring (bicyclic) bond motifs is 5. The van der Waals surface area contributed by atoms with Gasteiger partial charge < -0.3 is 10.4 Å². The maximum absolute atomic E-state index is 11.3. The molecule has 7 heteroatoms. The quantitative estimate of drug-likeness (QED) is 0.448. The monoisotopic (exact) mass is 388 g/mol. The number of nitrogens with one attached hydrogen (secondary N) is 1. The fourth-order valence-electron chi connectivity index (χ4n) is 3.37. The average molecular weight is 389 g/mol. The van der Waals surface area contributed by atoms with Gasteiger partial charge in [0.25, 0.3) is 0 Å². The minimum Gasteiger partial charge on any atom is -0.478 e. The second-order valence-electron chi connectivity index (χ2n) is 6.40. The van der Waals surface area contributed by atoms with Gasteiger partial charge in [0.15, 0.2) is 0 Å². The average Bonchev–Trinajstić information content (AvgIpc) is 3.07. The normalized spacial score (nSPS) is 11.3. The molecule has 136 valence electrons. The molecule has 0 aliphatic carbocycles. The van der Waals surface area contributed by atoms with E-state index in [-0.39, 0.29) is 5.56 Å². The Labute approximate surface area is 164 Å². The maximum atomic E-state index is 11.3. The predicted octanol–water partition coefficient (Wildman–Crippen LogP) is 5.13. The summed E-state index contributed by atoms with van der Waals surface area (Å²) < 4.78 is 1.98. The van der Waals surface area contributed by atoms with Gasteiger partial charge >= 0.3 is 5.97 Å². The third-order valence-electron chi connectivity index (χ3n) is 4.66. The number of hydrogen-bond donors (Lipinski definition) is 2. The summed E-state index contributed by atoms with van der Waals surface area (Å²) in [6.07, 6.45) is 3.50. The van der Waals surface area contributed by atoms with Gasteiger partial charge in [0, 0.05) is 27.7 Å². The number of carboxylic acids is 1. The molecule has 3 aromatic heterocycles. The highest BCUT2D eigenvalue weighted by Gasteiger charge is 2.14. The molecule has 0 atom stereocenters. The molecule has 2 aromatic carbocycles. The Morgan fingerprint density at radius 3 is 2.64 bits per heavy atom. The lowest BCUT2D eigenvalue weighted by molar-refractivity contribution is 0.0697. The second-order valence-corrected chi connectivity index (χ2v) is 6.84. The molecule has 0 bridgehead atoms. The largest absolute Gasteiger partial charge is 0.478 e. The highest BCUT2D eigenvalue weighted by molar-refractivity contribution is 6.30. The first-order chi connectivity index (χ1) is 13.6. The van der Waals surface area contributed by atoms with E-state index in [9.17, 15) is 9.90 Å². The SMILES string of the molecule is O=C(O)c1ccc2c(c1)cc1nc(Nc3ccc(Cl)cc3)c3ccncc3n12. The molecule has 0 amide bonds. The lowest BCUT2D eigenvalue weighted by Gasteiger charge is -2.11. The van der Waals surface area contributed by atoms with Crippen molar-refractivity contribution in [2.75, 3.05) is 5.32 Å². The summed E-state index contributed by atoms with van der Waals surface area (Å²) in [7, 11) is 0. The molecule has 0 fully saturated rings. The standard InChI is InChI=1S/C21H13ClN4O2/c22-14-2-4-15(5-3-14)24-20-16-7-8-23-11-18(16)26-17-6-1-12(21(27)28)9-13(17)10-19(26)25-20/h1-11H,(H,24,25)(H,27,28). The highest BCUT2D eigenvalue weighted by Crippen LogP contribution is 2.30. The number of carboxylic acid groups (broad SMARTS) is 1. The Morgan fingerprint density at radius 1 is 1.04 bits per heavy atom. The summed E-state index contributed by atoms with van der Waals surface area (Å²) in [4.78, 5) is 20.3. The highest BCUT2D eigenvalue weighted by atomic mass is 35.5. The molecule has 28 heavy (non-hydrogen) atoms. The second kappa shape index (κ2) is 6.21. The molecule has 0 saturated carbocycles. The summed E-state index contributed by atoms with van der Waals surface area (Å²) in [6.45, 7) is 0. The van der Waals surface area contributed by atoms with Crippen molar-refractivity contribution in [1.29, 1.82) is 0 Å². The zero-order valence-corrected chi connectivity index (χ0v) is 15.2. The van der Waals surface area contributed by atoms with Gasteiger partial charge in [-0.25, -0.2) is 9.78 Å². The summed E-state index contributed by atoms with van der Waals surface area (Å²) in [5, 5.41) is 15.0. The molecular weight excluding hydrogens is 376 g/mol. The van der Waals surface area contributed by atoms with E-state index in [1.807, 2.05) is 40.8 Å². The number of aromatic nitrogens is 3. The topological polar surface area (TPSA) is 79.5 Å². The van der Waals surface area contributed by atoms with Crippen molar-refractivity contribution < 1.29 is 9.90 Å². The van der Waals surface area contributed by atoms with Gasteiger partial charge in [-0.2, -0.15) is 0 Å². The van der Waals surface area contributed by atoms with Gasteiger partial charge in [0.05, 0.1) is 22.8 Å². The van der Waals surface area contributed by atoms with Gasteiger partial charge in [-0.15, -0.1) is 0 Å². The van der Waals surface area contributed by atoms with E-state index < -0.39 is 5.97 Å². The first-order valence-electron chi connectivity index (χ1n) is 8.55. The molecule has 0 aliphatic heterocycles. The van der Waals surface area contributed by atoms with Crippen LogP contribution in [-0.4, -0.2) is 25.4 Å². The van der Waals surface area contributed by atoms with E-state index in [0.29, 0.717) is 16.5 Å². The van der Waals surface area contributed by atoms with Crippen molar-refractivity contribution >= 4 is 56.5 Å². The summed E-state index contributed by atoms with van der Waals surface area (Å²) in [6, 6.07) is 16.2. The van der Waals surface area contributed by atoms with Crippen molar-refractivity contribution in [2.24, 2.45) is 0 Å². The van der Waals surface area contributed by atoms with Crippen LogP contribution in [-0.2, 0) is 0 Å². The Kier molecular flexibility index (Phi) is 3.67. The number of hydrogen-bond acceptors (Lipinski definition) is 4. The molecule has 0 radical (unpaired) electrons. The van der Waals surface area contributed by atoms with Crippen molar-refractivity contribution in [3.05, 3.63) is 77.6 Å². The van der Waals surface area contributed by atoms with E-state index in [0.717, 1.165) is 27.5 Å². The van der Waals surface area contributed by atoms with Crippen LogP contribution in [0.1, 0.15) is 10.4 Å².